The van der Waals surface area contributed by atoms with Gasteiger partial charge in [0.15, 0.2) is 0 Å². The van der Waals surface area contributed by atoms with E-state index in [1.807, 2.05) is 48.1 Å². The molecule has 1 aromatic carbocycles. The predicted octanol–water partition coefficient (Wildman–Crippen LogP) is 2.21. The van der Waals surface area contributed by atoms with Crippen LogP contribution >= 0.6 is 0 Å². The molecule has 0 radical (unpaired) electrons. The first-order valence-electron chi connectivity index (χ1n) is 10.4. The Kier molecular flexibility index (Phi) is 7.53. The van der Waals surface area contributed by atoms with Crippen LogP contribution in [-0.4, -0.2) is 73.0 Å². The van der Waals surface area contributed by atoms with Gasteiger partial charge in [0.2, 0.25) is 5.91 Å². The van der Waals surface area contributed by atoms with Crippen LogP contribution < -0.4 is 9.47 Å². The number of carbonyl (C=O) groups excluding carboxylic acids is 2. The molecule has 172 valence electrons. The van der Waals surface area contributed by atoms with Crippen LogP contribution in [0.5, 0.6) is 11.5 Å². The minimum atomic E-state index is -0.395. The number of aromatic nitrogens is 1. The fourth-order valence-electron chi connectivity index (χ4n) is 3.78. The van der Waals surface area contributed by atoms with Crippen molar-refractivity contribution in [3.8, 4) is 11.5 Å². The lowest BCUT2D eigenvalue weighted by atomic mass is 9.99. The van der Waals surface area contributed by atoms with Crippen LogP contribution in [0.3, 0.4) is 0 Å². The van der Waals surface area contributed by atoms with Crippen molar-refractivity contribution in [1.29, 1.82) is 0 Å². The number of carbonyl (C=O) groups is 2. The van der Waals surface area contributed by atoms with Gasteiger partial charge >= 0.3 is 0 Å². The molecule has 3 rings (SSSR count). The molecule has 2 amide bonds. The van der Waals surface area contributed by atoms with E-state index in [9.17, 15) is 9.59 Å². The van der Waals surface area contributed by atoms with E-state index in [0.717, 1.165) is 17.0 Å². The Labute approximate surface area is 188 Å². The molecule has 1 aliphatic rings. The Morgan fingerprint density at radius 1 is 1.19 bits per heavy atom. The summed E-state index contributed by atoms with van der Waals surface area (Å²) in [6.45, 7) is 2.02. The van der Waals surface area contributed by atoms with Crippen LogP contribution in [0, 0.1) is 0 Å². The number of benzene rings is 1. The molecule has 1 aromatic heterocycles. The highest BCUT2D eigenvalue weighted by atomic mass is 16.5. The minimum Gasteiger partial charge on any atom is -0.497 e. The third-order valence-electron chi connectivity index (χ3n) is 5.54. The van der Waals surface area contributed by atoms with Crippen LogP contribution in [0.25, 0.3) is 0 Å². The quantitative estimate of drug-likeness (QED) is 0.594. The number of amides is 2. The fourth-order valence-corrected chi connectivity index (χ4v) is 3.78. The number of hydrazone groups is 1. The van der Waals surface area contributed by atoms with Gasteiger partial charge in [-0.05, 0) is 30.3 Å². The fraction of sp³-hybridized carbons (Fsp3) is 0.435. The third-order valence-corrected chi connectivity index (χ3v) is 5.54. The zero-order valence-electron chi connectivity index (χ0n) is 19.2. The van der Waals surface area contributed by atoms with Crippen molar-refractivity contribution < 1.29 is 23.8 Å². The predicted molar refractivity (Wildman–Crippen MR) is 120 cm³/mol. The maximum Gasteiger partial charge on any atom is 0.262 e. The van der Waals surface area contributed by atoms with Crippen molar-refractivity contribution in [2.75, 3.05) is 41.0 Å². The summed E-state index contributed by atoms with van der Waals surface area (Å²) in [5, 5.41) is 6.15. The standard InChI is InChI=1S/C23H30N4O5/c1-16(28)26(11-12-30-3)15-23(29)27-21(14-19(24-27)20-7-6-10-25(20)2)18-13-17(31-4)8-9-22(18)32-5/h6-10,13,21H,11-12,14-15H2,1-5H3. The summed E-state index contributed by atoms with van der Waals surface area (Å²) in [6, 6.07) is 9.00. The molecule has 0 bridgehead atoms. The molecule has 0 saturated heterocycles. The van der Waals surface area contributed by atoms with Crippen LogP contribution in [0.1, 0.15) is 30.6 Å². The molecule has 0 N–H and O–H groups in total. The Hall–Kier alpha value is -3.33. The van der Waals surface area contributed by atoms with Crippen LogP contribution in [-0.2, 0) is 21.4 Å². The second kappa shape index (κ2) is 10.3. The highest BCUT2D eigenvalue weighted by molar-refractivity contribution is 6.02. The number of nitrogens with zero attached hydrogens (tertiary/aromatic N) is 4. The second-order valence-corrected chi connectivity index (χ2v) is 7.55. The van der Waals surface area contributed by atoms with Crippen LogP contribution in [0.4, 0.5) is 0 Å². The van der Waals surface area contributed by atoms with E-state index < -0.39 is 6.04 Å². The van der Waals surface area contributed by atoms with Crippen molar-refractivity contribution in [3.63, 3.8) is 0 Å². The SMILES string of the molecule is COCCN(CC(=O)N1N=C(c2cccn2C)CC1c1cc(OC)ccc1OC)C(C)=O. The molecule has 0 saturated carbocycles. The zero-order valence-corrected chi connectivity index (χ0v) is 19.2. The molecule has 32 heavy (non-hydrogen) atoms. The number of ether oxygens (including phenoxy) is 3. The first-order chi connectivity index (χ1) is 15.4. The van der Waals surface area contributed by atoms with Gasteiger partial charge in [-0.15, -0.1) is 0 Å². The third kappa shape index (κ3) is 4.94. The van der Waals surface area contributed by atoms with Gasteiger partial charge in [0.1, 0.15) is 18.0 Å². The second-order valence-electron chi connectivity index (χ2n) is 7.55. The van der Waals surface area contributed by atoms with Crippen LogP contribution in [0.2, 0.25) is 0 Å². The summed E-state index contributed by atoms with van der Waals surface area (Å²) < 4.78 is 18.0. The van der Waals surface area contributed by atoms with Crippen molar-refractivity contribution in [1.82, 2.24) is 14.5 Å². The van der Waals surface area contributed by atoms with Gasteiger partial charge in [-0.2, -0.15) is 5.10 Å². The zero-order chi connectivity index (χ0) is 23.3. The van der Waals surface area contributed by atoms with Gasteiger partial charge in [0.05, 0.1) is 38.3 Å². The van der Waals surface area contributed by atoms with Gasteiger partial charge in [-0.25, -0.2) is 5.01 Å². The number of aryl methyl sites for hydroxylation is 1. The molecular formula is C23H30N4O5. The Morgan fingerprint density at radius 3 is 2.56 bits per heavy atom. The number of hydrogen-bond acceptors (Lipinski definition) is 6. The molecule has 1 aliphatic heterocycles. The summed E-state index contributed by atoms with van der Waals surface area (Å²) >= 11 is 0. The van der Waals surface area contributed by atoms with E-state index in [2.05, 4.69) is 5.10 Å². The molecule has 0 spiro atoms. The Morgan fingerprint density at radius 2 is 1.97 bits per heavy atom. The Balaban J connectivity index is 1.98. The molecule has 2 heterocycles. The van der Waals surface area contributed by atoms with Crippen LogP contribution in [0.15, 0.2) is 41.6 Å². The largest absolute Gasteiger partial charge is 0.497 e. The molecule has 9 nitrogen and oxygen atoms in total. The summed E-state index contributed by atoms with van der Waals surface area (Å²) in [5.74, 6) is 0.817. The average molecular weight is 443 g/mol. The highest BCUT2D eigenvalue weighted by Crippen LogP contribution is 2.39. The number of rotatable bonds is 9. The first-order valence-corrected chi connectivity index (χ1v) is 10.4. The molecule has 1 atom stereocenters. The topological polar surface area (TPSA) is 85.6 Å². The van der Waals surface area contributed by atoms with Gasteiger partial charge < -0.3 is 23.7 Å². The van der Waals surface area contributed by atoms with Gasteiger partial charge in [-0.1, -0.05) is 0 Å². The minimum absolute atomic E-state index is 0.0919. The van der Waals surface area contributed by atoms with E-state index >= 15 is 0 Å². The van der Waals surface area contributed by atoms with E-state index in [1.54, 1.807) is 21.3 Å². The number of hydrogen-bond donors (Lipinski definition) is 0. The Bertz CT molecular complexity index is 1000. The first kappa shape index (κ1) is 23.3. The van der Waals surface area contributed by atoms with E-state index in [1.165, 1.54) is 16.8 Å². The monoisotopic (exact) mass is 442 g/mol. The van der Waals surface area contributed by atoms with E-state index in [4.69, 9.17) is 14.2 Å². The van der Waals surface area contributed by atoms with E-state index in [-0.39, 0.29) is 18.4 Å². The van der Waals surface area contributed by atoms with Crippen molar-refractivity contribution in [2.45, 2.75) is 19.4 Å². The maximum atomic E-state index is 13.4. The summed E-state index contributed by atoms with van der Waals surface area (Å²) in [7, 11) is 6.68. The summed E-state index contributed by atoms with van der Waals surface area (Å²) in [4.78, 5) is 26.9. The van der Waals surface area contributed by atoms with Crippen molar-refractivity contribution in [2.24, 2.45) is 12.1 Å². The average Bonchev–Trinajstić information content (AvgIpc) is 3.41. The summed E-state index contributed by atoms with van der Waals surface area (Å²) in [6.07, 6.45) is 2.44. The molecular weight excluding hydrogens is 412 g/mol. The highest BCUT2D eigenvalue weighted by Gasteiger charge is 2.36. The maximum absolute atomic E-state index is 13.4. The lowest BCUT2D eigenvalue weighted by Gasteiger charge is -2.27. The summed E-state index contributed by atoms with van der Waals surface area (Å²) in [5.41, 5.74) is 2.50. The molecule has 9 heteroatoms. The molecule has 1 unspecified atom stereocenters. The van der Waals surface area contributed by atoms with Gasteiger partial charge in [0, 0.05) is 45.8 Å². The molecule has 0 fully saturated rings. The lowest BCUT2D eigenvalue weighted by Crippen LogP contribution is -2.41. The van der Waals surface area contributed by atoms with Gasteiger partial charge in [0.25, 0.3) is 5.91 Å². The van der Waals surface area contributed by atoms with Gasteiger partial charge in [-0.3, -0.25) is 9.59 Å². The van der Waals surface area contributed by atoms with Crippen molar-refractivity contribution in [3.05, 3.63) is 47.8 Å². The lowest BCUT2D eigenvalue weighted by molar-refractivity contribution is -0.141. The molecule has 2 aromatic rings. The van der Waals surface area contributed by atoms with E-state index in [0.29, 0.717) is 31.1 Å². The molecule has 0 aliphatic carbocycles. The number of methoxy groups -OCH3 is 3. The normalized spacial score (nSPS) is 15.5. The van der Waals surface area contributed by atoms with Crippen molar-refractivity contribution >= 4 is 17.5 Å². The smallest absolute Gasteiger partial charge is 0.262 e.